The maximum Gasteiger partial charge on any atom is 0.328 e. The number of aryl methyl sites for hydroxylation is 1. The third kappa shape index (κ3) is 3.04. The molecular formula is C15H15F2NO3S. The average molecular weight is 327 g/mol. The molecule has 4 nitrogen and oxygen atoms in total. The summed E-state index contributed by atoms with van der Waals surface area (Å²) in [5.41, 5.74) is 0.625. The first-order chi connectivity index (χ1) is 10.4. The van der Waals surface area contributed by atoms with E-state index in [0.29, 0.717) is 0 Å². The van der Waals surface area contributed by atoms with Gasteiger partial charge >= 0.3 is 6.55 Å². The van der Waals surface area contributed by atoms with Gasteiger partial charge in [0.1, 0.15) is 5.75 Å². The minimum absolute atomic E-state index is 0.0542. The number of methoxy groups -OCH3 is 1. The van der Waals surface area contributed by atoms with Crippen molar-refractivity contribution < 1.29 is 21.9 Å². The SMILES string of the molecule is COc1ccccc1N(C(F)F)S(=O)(=O)c1ccc(C)cc1. The first-order valence-corrected chi connectivity index (χ1v) is 7.84. The quantitative estimate of drug-likeness (QED) is 0.791. The van der Waals surface area contributed by atoms with E-state index in [1.165, 1.54) is 37.4 Å². The first kappa shape index (κ1) is 16.2. The van der Waals surface area contributed by atoms with Crippen LogP contribution in [-0.2, 0) is 10.0 Å². The van der Waals surface area contributed by atoms with Crippen molar-refractivity contribution in [1.29, 1.82) is 0 Å². The summed E-state index contributed by atoms with van der Waals surface area (Å²) in [7, 11) is -3.11. The Morgan fingerprint density at radius 2 is 1.64 bits per heavy atom. The van der Waals surface area contributed by atoms with Crippen molar-refractivity contribution in [3.8, 4) is 5.75 Å². The topological polar surface area (TPSA) is 46.6 Å². The Labute approximate surface area is 128 Å². The zero-order valence-electron chi connectivity index (χ0n) is 12.0. The summed E-state index contributed by atoms with van der Waals surface area (Å²) in [5, 5.41) is 0. The number of para-hydroxylation sites is 2. The number of hydrogen-bond acceptors (Lipinski definition) is 3. The van der Waals surface area contributed by atoms with Crippen LogP contribution in [0, 0.1) is 6.92 Å². The lowest BCUT2D eigenvalue weighted by atomic mass is 10.2. The molecule has 2 aromatic rings. The molecular weight excluding hydrogens is 312 g/mol. The van der Waals surface area contributed by atoms with Gasteiger partial charge < -0.3 is 4.74 Å². The summed E-state index contributed by atoms with van der Waals surface area (Å²) >= 11 is 0. The van der Waals surface area contributed by atoms with E-state index >= 15 is 0 Å². The van der Waals surface area contributed by atoms with Crippen molar-refractivity contribution >= 4 is 15.7 Å². The molecule has 0 atom stereocenters. The van der Waals surface area contributed by atoms with Gasteiger partial charge in [-0.3, -0.25) is 0 Å². The number of sulfonamides is 1. The van der Waals surface area contributed by atoms with Gasteiger partial charge in [-0.15, -0.1) is 0 Å². The fourth-order valence-electron chi connectivity index (χ4n) is 1.98. The van der Waals surface area contributed by atoms with E-state index in [0.717, 1.165) is 5.56 Å². The molecule has 0 radical (unpaired) electrons. The maximum absolute atomic E-state index is 13.5. The van der Waals surface area contributed by atoms with Crippen LogP contribution in [0.3, 0.4) is 0 Å². The van der Waals surface area contributed by atoms with E-state index in [1.807, 2.05) is 0 Å². The normalized spacial score (nSPS) is 11.5. The molecule has 2 rings (SSSR count). The summed E-state index contributed by atoms with van der Waals surface area (Å²) in [5.74, 6) is 0.0542. The predicted molar refractivity (Wildman–Crippen MR) is 79.8 cm³/mol. The Morgan fingerprint density at radius 1 is 1.05 bits per heavy atom. The molecule has 0 amide bonds. The fraction of sp³-hybridized carbons (Fsp3) is 0.200. The van der Waals surface area contributed by atoms with Crippen LogP contribution in [-0.4, -0.2) is 22.1 Å². The lowest BCUT2D eigenvalue weighted by Crippen LogP contribution is -2.35. The third-order valence-electron chi connectivity index (χ3n) is 3.08. The van der Waals surface area contributed by atoms with Crippen LogP contribution < -0.4 is 9.04 Å². The summed E-state index contributed by atoms with van der Waals surface area (Å²) in [6.07, 6.45) is 0. The van der Waals surface area contributed by atoms with E-state index in [4.69, 9.17) is 4.74 Å². The molecule has 0 N–H and O–H groups in total. The summed E-state index contributed by atoms with van der Waals surface area (Å²) < 4.78 is 57.0. The molecule has 0 saturated carbocycles. The number of nitrogens with zero attached hydrogens (tertiary/aromatic N) is 1. The van der Waals surface area contributed by atoms with Crippen LogP contribution in [0.1, 0.15) is 5.56 Å². The molecule has 22 heavy (non-hydrogen) atoms. The highest BCUT2D eigenvalue weighted by Crippen LogP contribution is 2.34. The molecule has 0 fully saturated rings. The van der Waals surface area contributed by atoms with Crippen LogP contribution in [0.15, 0.2) is 53.4 Å². The van der Waals surface area contributed by atoms with E-state index < -0.39 is 16.6 Å². The second-order valence-corrected chi connectivity index (χ2v) is 6.38. The van der Waals surface area contributed by atoms with Gasteiger partial charge in [0.2, 0.25) is 0 Å². The smallest absolute Gasteiger partial charge is 0.328 e. The Bertz CT molecular complexity index is 746. The Kier molecular flexibility index (Phi) is 4.65. The molecule has 0 aliphatic heterocycles. The second-order valence-electron chi connectivity index (χ2n) is 4.56. The molecule has 0 saturated heterocycles. The molecule has 0 spiro atoms. The van der Waals surface area contributed by atoms with E-state index in [1.54, 1.807) is 25.1 Å². The number of ether oxygens (including phenoxy) is 1. The maximum atomic E-state index is 13.5. The molecule has 0 heterocycles. The molecule has 0 aromatic heterocycles. The second kappa shape index (κ2) is 6.31. The van der Waals surface area contributed by atoms with Gasteiger partial charge in [-0.1, -0.05) is 29.8 Å². The predicted octanol–water partition coefficient (Wildman–Crippen LogP) is 3.42. The monoisotopic (exact) mass is 327 g/mol. The van der Waals surface area contributed by atoms with Crippen molar-refractivity contribution in [3.63, 3.8) is 0 Å². The highest BCUT2D eigenvalue weighted by molar-refractivity contribution is 7.92. The minimum atomic E-state index is -4.40. The van der Waals surface area contributed by atoms with Crippen LogP contribution in [0.2, 0.25) is 0 Å². The molecule has 118 valence electrons. The van der Waals surface area contributed by atoms with Crippen molar-refractivity contribution in [1.82, 2.24) is 0 Å². The Balaban J connectivity index is 2.59. The summed E-state index contributed by atoms with van der Waals surface area (Å²) in [6, 6.07) is 11.5. The van der Waals surface area contributed by atoms with Crippen LogP contribution in [0.5, 0.6) is 5.75 Å². The lowest BCUT2D eigenvalue weighted by molar-refractivity contribution is 0.161. The van der Waals surface area contributed by atoms with Crippen LogP contribution in [0.4, 0.5) is 14.5 Å². The van der Waals surface area contributed by atoms with Gasteiger partial charge in [-0.25, -0.2) is 12.7 Å². The minimum Gasteiger partial charge on any atom is -0.495 e. The average Bonchev–Trinajstić information content (AvgIpc) is 2.47. The van der Waals surface area contributed by atoms with E-state index in [2.05, 4.69) is 0 Å². The highest BCUT2D eigenvalue weighted by atomic mass is 32.2. The highest BCUT2D eigenvalue weighted by Gasteiger charge is 2.33. The lowest BCUT2D eigenvalue weighted by Gasteiger charge is -2.24. The number of alkyl halides is 2. The van der Waals surface area contributed by atoms with Gasteiger partial charge in [-0.2, -0.15) is 8.78 Å². The Morgan fingerprint density at radius 3 is 2.18 bits per heavy atom. The third-order valence-corrected chi connectivity index (χ3v) is 4.82. The van der Waals surface area contributed by atoms with Crippen LogP contribution >= 0.6 is 0 Å². The van der Waals surface area contributed by atoms with Crippen molar-refractivity contribution in [2.24, 2.45) is 0 Å². The number of benzene rings is 2. The summed E-state index contributed by atoms with van der Waals surface area (Å²) in [4.78, 5) is -0.204. The van der Waals surface area contributed by atoms with Crippen molar-refractivity contribution in [3.05, 3.63) is 54.1 Å². The molecule has 2 aromatic carbocycles. The van der Waals surface area contributed by atoms with Crippen molar-refractivity contribution in [2.45, 2.75) is 18.4 Å². The molecule has 0 unspecified atom stereocenters. The number of hydrogen-bond donors (Lipinski definition) is 0. The molecule has 7 heteroatoms. The number of anilines is 1. The zero-order valence-corrected chi connectivity index (χ0v) is 12.8. The largest absolute Gasteiger partial charge is 0.495 e. The van der Waals surface area contributed by atoms with E-state index in [-0.39, 0.29) is 20.6 Å². The van der Waals surface area contributed by atoms with Gasteiger partial charge in [0.15, 0.2) is 0 Å². The Hall–Kier alpha value is -2.15. The molecule has 0 aliphatic rings. The standard InChI is InChI=1S/C15H15F2NO3S/c1-11-7-9-12(10-8-11)22(19,20)18(15(16)17)13-5-3-4-6-14(13)21-2/h3-10,15H,1-2H3. The summed E-state index contributed by atoms with van der Waals surface area (Å²) in [6.45, 7) is -1.45. The number of halogens is 2. The first-order valence-electron chi connectivity index (χ1n) is 6.40. The van der Waals surface area contributed by atoms with Gasteiger partial charge in [-0.05, 0) is 31.2 Å². The van der Waals surface area contributed by atoms with E-state index in [9.17, 15) is 17.2 Å². The van der Waals surface area contributed by atoms with Crippen molar-refractivity contribution in [2.75, 3.05) is 11.4 Å². The fourth-order valence-corrected chi connectivity index (χ4v) is 3.30. The van der Waals surface area contributed by atoms with Gasteiger partial charge in [0.25, 0.3) is 10.0 Å². The van der Waals surface area contributed by atoms with Gasteiger partial charge in [0, 0.05) is 0 Å². The van der Waals surface area contributed by atoms with Crippen LogP contribution in [0.25, 0.3) is 0 Å². The van der Waals surface area contributed by atoms with Gasteiger partial charge in [0.05, 0.1) is 17.7 Å². The molecule has 0 aliphatic carbocycles. The molecule has 0 bridgehead atoms. The zero-order chi connectivity index (χ0) is 16.3. The number of rotatable bonds is 5.